The molecule has 0 atom stereocenters. The van der Waals surface area contributed by atoms with E-state index >= 15 is 0 Å². The van der Waals surface area contributed by atoms with Crippen LogP contribution in [-0.4, -0.2) is 30.3 Å². The lowest BCUT2D eigenvalue weighted by Gasteiger charge is -2.06. The van der Waals surface area contributed by atoms with E-state index in [1.807, 2.05) is 23.6 Å². The second-order valence-electron chi connectivity index (χ2n) is 5.35. The summed E-state index contributed by atoms with van der Waals surface area (Å²) in [6, 6.07) is 5.86. The highest BCUT2D eigenvalue weighted by Crippen LogP contribution is 2.25. The van der Waals surface area contributed by atoms with Crippen molar-refractivity contribution in [3.8, 4) is 10.6 Å². The van der Waals surface area contributed by atoms with Gasteiger partial charge in [0.25, 0.3) is 5.91 Å². The summed E-state index contributed by atoms with van der Waals surface area (Å²) in [7, 11) is 1.78. The van der Waals surface area contributed by atoms with Gasteiger partial charge in [-0.3, -0.25) is 9.48 Å². The van der Waals surface area contributed by atoms with Crippen LogP contribution < -0.4 is 5.32 Å². The molecule has 7 nitrogen and oxygen atoms in total. The van der Waals surface area contributed by atoms with Crippen LogP contribution in [0, 0.1) is 0 Å². The SMILES string of the molecule is Cn1ncc(Cl)c1CNC(=O)c1cnn2c(-c3cccs3)ccnc12. The zero-order chi connectivity index (χ0) is 17.4. The first kappa shape index (κ1) is 15.8. The summed E-state index contributed by atoms with van der Waals surface area (Å²) in [5, 5.41) is 13.7. The number of rotatable bonds is 4. The molecule has 1 N–H and O–H groups in total. The molecular formula is C16H13ClN6OS. The van der Waals surface area contributed by atoms with E-state index in [0.29, 0.717) is 16.2 Å². The minimum atomic E-state index is -0.261. The molecule has 25 heavy (non-hydrogen) atoms. The highest BCUT2D eigenvalue weighted by Gasteiger charge is 2.17. The van der Waals surface area contributed by atoms with Crippen LogP contribution in [0.15, 0.2) is 42.2 Å². The minimum Gasteiger partial charge on any atom is -0.346 e. The summed E-state index contributed by atoms with van der Waals surface area (Å²) in [5.74, 6) is -0.261. The van der Waals surface area contributed by atoms with Gasteiger partial charge >= 0.3 is 0 Å². The number of hydrogen-bond acceptors (Lipinski definition) is 5. The van der Waals surface area contributed by atoms with Gasteiger partial charge in [-0.2, -0.15) is 10.2 Å². The number of amides is 1. The predicted octanol–water partition coefficient (Wildman–Crippen LogP) is 2.77. The van der Waals surface area contributed by atoms with Crippen LogP contribution >= 0.6 is 22.9 Å². The zero-order valence-corrected chi connectivity index (χ0v) is 14.8. The second kappa shape index (κ2) is 6.30. The minimum absolute atomic E-state index is 0.261. The Kier molecular flexibility index (Phi) is 3.98. The van der Waals surface area contributed by atoms with Gasteiger partial charge in [0.05, 0.1) is 40.2 Å². The van der Waals surface area contributed by atoms with E-state index in [9.17, 15) is 4.79 Å². The first-order valence-electron chi connectivity index (χ1n) is 7.46. The molecule has 4 heterocycles. The number of carbonyl (C=O) groups excluding carboxylic acids is 1. The fourth-order valence-electron chi connectivity index (χ4n) is 2.56. The fourth-order valence-corrected chi connectivity index (χ4v) is 3.53. The Labute approximate surface area is 151 Å². The van der Waals surface area contributed by atoms with Crippen LogP contribution in [0.25, 0.3) is 16.2 Å². The number of carbonyl (C=O) groups is 1. The molecule has 0 bridgehead atoms. The third kappa shape index (κ3) is 2.79. The molecule has 4 aromatic heterocycles. The number of hydrogen-bond donors (Lipinski definition) is 1. The summed E-state index contributed by atoms with van der Waals surface area (Å²) in [6.45, 7) is 0.274. The van der Waals surface area contributed by atoms with E-state index in [1.165, 1.54) is 6.20 Å². The third-order valence-electron chi connectivity index (χ3n) is 3.85. The van der Waals surface area contributed by atoms with Crippen molar-refractivity contribution in [2.24, 2.45) is 7.05 Å². The van der Waals surface area contributed by atoms with Crippen LogP contribution in [0.5, 0.6) is 0 Å². The maximum atomic E-state index is 12.6. The van der Waals surface area contributed by atoms with Crippen molar-refractivity contribution in [1.29, 1.82) is 0 Å². The van der Waals surface area contributed by atoms with Gasteiger partial charge in [-0.25, -0.2) is 9.50 Å². The Morgan fingerprint density at radius 2 is 2.20 bits per heavy atom. The summed E-state index contributed by atoms with van der Waals surface area (Å²) < 4.78 is 3.31. The smallest absolute Gasteiger partial charge is 0.257 e. The molecule has 4 rings (SSSR count). The number of nitrogens with zero attached hydrogens (tertiary/aromatic N) is 5. The molecule has 0 aliphatic carbocycles. The Hall–Kier alpha value is -2.71. The molecule has 0 aromatic carbocycles. The molecule has 0 aliphatic heterocycles. The first-order valence-corrected chi connectivity index (χ1v) is 8.72. The molecule has 0 unspecified atom stereocenters. The van der Waals surface area contributed by atoms with Gasteiger partial charge in [-0.15, -0.1) is 11.3 Å². The van der Waals surface area contributed by atoms with Crippen molar-refractivity contribution >= 4 is 34.5 Å². The summed E-state index contributed by atoms with van der Waals surface area (Å²) >= 11 is 7.67. The molecule has 4 aromatic rings. The molecule has 1 amide bonds. The molecule has 0 aliphatic rings. The summed E-state index contributed by atoms with van der Waals surface area (Å²) in [4.78, 5) is 17.9. The zero-order valence-electron chi connectivity index (χ0n) is 13.2. The van der Waals surface area contributed by atoms with E-state index in [-0.39, 0.29) is 12.5 Å². The van der Waals surface area contributed by atoms with Crippen LogP contribution in [-0.2, 0) is 13.6 Å². The number of aryl methyl sites for hydroxylation is 1. The van der Waals surface area contributed by atoms with Gasteiger partial charge in [0.15, 0.2) is 5.65 Å². The van der Waals surface area contributed by atoms with E-state index in [0.717, 1.165) is 16.3 Å². The van der Waals surface area contributed by atoms with Gasteiger partial charge in [-0.1, -0.05) is 17.7 Å². The first-order chi connectivity index (χ1) is 12.1. The maximum Gasteiger partial charge on any atom is 0.257 e. The Morgan fingerprint density at radius 1 is 1.32 bits per heavy atom. The number of fused-ring (bicyclic) bond motifs is 1. The number of thiophene rings is 1. The highest BCUT2D eigenvalue weighted by atomic mass is 35.5. The standard InChI is InChI=1S/C16H13ClN6OS/c1-22-13(11(17)8-20-22)9-19-16(24)10-7-21-23-12(4-5-18-15(10)23)14-3-2-6-25-14/h2-8H,9H2,1H3,(H,19,24). The summed E-state index contributed by atoms with van der Waals surface area (Å²) in [6.07, 6.45) is 4.76. The van der Waals surface area contributed by atoms with Crippen LogP contribution in [0.2, 0.25) is 5.02 Å². The van der Waals surface area contributed by atoms with Crippen molar-refractivity contribution in [1.82, 2.24) is 29.7 Å². The molecule has 0 fully saturated rings. The van der Waals surface area contributed by atoms with Gasteiger partial charge < -0.3 is 5.32 Å². The number of aromatic nitrogens is 5. The second-order valence-corrected chi connectivity index (χ2v) is 6.70. The quantitative estimate of drug-likeness (QED) is 0.597. The topological polar surface area (TPSA) is 77.1 Å². The molecular weight excluding hydrogens is 360 g/mol. The Balaban J connectivity index is 1.63. The molecule has 0 spiro atoms. The van der Waals surface area contributed by atoms with E-state index < -0.39 is 0 Å². The normalized spacial score (nSPS) is 11.1. The lowest BCUT2D eigenvalue weighted by atomic mass is 10.3. The number of halogens is 1. The Morgan fingerprint density at radius 3 is 2.92 bits per heavy atom. The fraction of sp³-hybridized carbons (Fsp3) is 0.125. The highest BCUT2D eigenvalue weighted by molar-refractivity contribution is 7.13. The van der Waals surface area contributed by atoms with E-state index in [2.05, 4.69) is 20.5 Å². The average Bonchev–Trinajstić information content (AvgIpc) is 3.34. The van der Waals surface area contributed by atoms with Gasteiger partial charge in [0.1, 0.15) is 5.56 Å². The Bertz CT molecular complexity index is 1030. The van der Waals surface area contributed by atoms with Crippen molar-refractivity contribution < 1.29 is 4.79 Å². The van der Waals surface area contributed by atoms with Crippen LogP contribution in [0.3, 0.4) is 0 Å². The van der Waals surface area contributed by atoms with Crippen molar-refractivity contribution in [2.75, 3.05) is 0 Å². The summed E-state index contributed by atoms with van der Waals surface area (Å²) in [5.41, 5.74) is 2.56. The van der Waals surface area contributed by atoms with Crippen molar-refractivity contribution in [2.45, 2.75) is 6.54 Å². The van der Waals surface area contributed by atoms with Crippen LogP contribution in [0.4, 0.5) is 0 Å². The molecule has 0 saturated carbocycles. The average molecular weight is 373 g/mol. The lowest BCUT2D eigenvalue weighted by molar-refractivity contribution is 0.0951. The predicted molar refractivity (Wildman–Crippen MR) is 95.7 cm³/mol. The van der Waals surface area contributed by atoms with Crippen LogP contribution in [0.1, 0.15) is 16.1 Å². The molecule has 126 valence electrons. The van der Waals surface area contributed by atoms with Gasteiger partial charge in [-0.05, 0) is 17.5 Å². The van der Waals surface area contributed by atoms with E-state index in [4.69, 9.17) is 11.6 Å². The van der Waals surface area contributed by atoms with Crippen molar-refractivity contribution in [3.05, 3.63) is 58.4 Å². The monoisotopic (exact) mass is 372 g/mol. The molecule has 0 saturated heterocycles. The lowest BCUT2D eigenvalue weighted by Crippen LogP contribution is -2.24. The largest absolute Gasteiger partial charge is 0.346 e. The maximum absolute atomic E-state index is 12.6. The van der Waals surface area contributed by atoms with Crippen molar-refractivity contribution in [3.63, 3.8) is 0 Å². The molecule has 9 heteroatoms. The number of nitrogens with one attached hydrogen (secondary N) is 1. The van der Waals surface area contributed by atoms with Gasteiger partial charge in [0.2, 0.25) is 0 Å². The molecule has 0 radical (unpaired) electrons. The van der Waals surface area contributed by atoms with Gasteiger partial charge in [0, 0.05) is 13.2 Å². The third-order valence-corrected chi connectivity index (χ3v) is 5.05. The van der Waals surface area contributed by atoms with E-state index in [1.54, 1.807) is 40.0 Å².